The number of likely N-dealkylation sites (N-methyl/N-ethyl adjacent to an activating group) is 1. The van der Waals surface area contributed by atoms with E-state index in [0.29, 0.717) is 25.6 Å². The molecule has 0 saturated heterocycles. The fraction of sp³-hybridized carbons (Fsp3) is 0.957. The van der Waals surface area contributed by atoms with Gasteiger partial charge in [0.05, 0.1) is 19.7 Å². The SMILES string of the molecule is CC.CCC.CCC.CCC.CCCCCCCCCN(CC)CC(=O)OCC(C)CNC.CCCCCCCCCN(CC=O)CCNCCCCC. The molecule has 0 amide bonds. The number of hydrogen-bond acceptors (Lipinski definition) is 7. The third kappa shape index (κ3) is 72.3. The van der Waals surface area contributed by atoms with Crippen LogP contribution in [0.2, 0.25) is 0 Å². The number of unbranched alkanes of at least 4 members (excludes halogenated alkanes) is 14. The Kier molecular flexibility index (Phi) is 80.2. The largest absolute Gasteiger partial charge is 0.464 e. The number of ether oxygens (including phenoxy) is 1. The zero-order valence-electron chi connectivity index (χ0n) is 40.0. The number of carbonyl (C=O) groups excluding carboxylic acids is 2. The van der Waals surface area contributed by atoms with Crippen LogP contribution in [0.15, 0.2) is 0 Å². The van der Waals surface area contributed by atoms with E-state index in [1.54, 1.807) is 0 Å². The Morgan fingerprint density at radius 2 is 1.00 bits per heavy atom. The van der Waals surface area contributed by atoms with Crippen molar-refractivity contribution >= 4 is 12.3 Å². The van der Waals surface area contributed by atoms with Crippen LogP contribution in [0.3, 0.4) is 0 Å². The van der Waals surface area contributed by atoms with E-state index < -0.39 is 0 Å². The number of aldehydes is 1. The minimum absolute atomic E-state index is 0.0900. The van der Waals surface area contributed by atoms with E-state index in [4.69, 9.17) is 4.74 Å². The van der Waals surface area contributed by atoms with Gasteiger partial charge in [0.25, 0.3) is 0 Å². The monoisotopic (exact) mass is 775 g/mol. The van der Waals surface area contributed by atoms with Gasteiger partial charge in [0, 0.05) is 25.6 Å². The van der Waals surface area contributed by atoms with Crippen molar-refractivity contribution in [3.63, 3.8) is 0 Å². The topological polar surface area (TPSA) is 73.9 Å². The van der Waals surface area contributed by atoms with E-state index in [0.717, 1.165) is 52.1 Å². The lowest BCUT2D eigenvalue weighted by Gasteiger charge is -2.20. The first-order valence-corrected chi connectivity index (χ1v) is 23.6. The van der Waals surface area contributed by atoms with Crippen molar-refractivity contribution in [1.29, 1.82) is 0 Å². The van der Waals surface area contributed by atoms with Crippen molar-refractivity contribution in [3.8, 4) is 0 Å². The maximum atomic E-state index is 11.8. The van der Waals surface area contributed by atoms with Crippen LogP contribution in [0.5, 0.6) is 0 Å². The second kappa shape index (κ2) is 66.8. The van der Waals surface area contributed by atoms with Crippen LogP contribution in [0.25, 0.3) is 0 Å². The molecule has 0 aromatic rings. The molecule has 0 aromatic heterocycles. The summed E-state index contributed by atoms with van der Waals surface area (Å²) < 4.78 is 5.34. The lowest BCUT2D eigenvalue weighted by molar-refractivity contribution is -0.146. The first-order chi connectivity index (χ1) is 26.2. The van der Waals surface area contributed by atoms with Gasteiger partial charge in [-0.15, -0.1) is 0 Å². The second-order valence-corrected chi connectivity index (χ2v) is 14.5. The number of hydrogen-bond donors (Lipinski definition) is 2. The van der Waals surface area contributed by atoms with Gasteiger partial charge in [0.15, 0.2) is 0 Å². The van der Waals surface area contributed by atoms with Gasteiger partial charge in [-0.25, -0.2) is 0 Å². The molecule has 7 nitrogen and oxygen atoms in total. The molecule has 0 aliphatic rings. The van der Waals surface area contributed by atoms with Crippen molar-refractivity contribution in [2.75, 3.05) is 72.6 Å². The molecule has 7 heteroatoms. The highest BCUT2D eigenvalue weighted by Gasteiger charge is 2.11. The Hall–Kier alpha value is -1.02. The van der Waals surface area contributed by atoms with Gasteiger partial charge >= 0.3 is 5.97 Å². The summed E-state index contributed by atoms with van der Waals surface area (Å²) in [5.41, 5.74) is 0. The summed E-state index contributed by atoms with van der Waals surface area (Å²) in [5.74, 6) is 0.278. The fourth-order valence-electron chi connectivity index (χ4n) is 5.07. The Morgan fingerprint density at radius 3 is 1.41 bits per heavy atom. The van der Waals surface area contributed by atoms with E-state index >= 15 is 0 Å². The first kappa shape index (κ1) is 64.9. The van der Waals surface area contributed by atoms with Crippen LogP contribution in [-0.4, -0.2) is 94.6 Å². The summed E-state index contributed by atoms with van der Waals surface area (Å²) in [6, 6.07) is 0. The van der Waals surface area contributed by atoms with Gasteiger partial charge in [-0.1, -0.05) is 199 Å². The summed E-state index contributed by atoms with van der Waals surface area (Å²) in [7, 11) is 1.92. The molecule has 1 atom stereocenters. The molecular weight excluding hydrogens is 669 g/mol. The minimum Gasteiger partial charge on any atom is -0.464 e. The quantitative estimate of drug-likeness (QED) is 0.0400. The molecule has 0 saturated carbocycles. The Labute approximate surface area is 343 Å². The van der Waals surface area contributed by atoms with Crippen LogP contribution < -0.4 is 10.6 Å². The van der Waals surface area contributed by atoms with E-state index in [9.17, 15) is 9.59 Å². The molecule has 0 bridgehead atoms. The molecule has 54 heavy (non-hydrogen) atoms. The minimum atomic E-state index is -0.0900. The molecule has 0 spiro atoms. The highest BCUT2D eigenvalue weighted by Crippen LogP contribution is 2.09. The third-order valence-electron chi connectivity index (χ3n) is 7.93. The van der Waals surface area contributed by atoms with Gasteiger partial charge in [-0.05, 0) is 52.5 Å². The molecular formula is C47H106N4O3. The van der Waals surface area contributed by atoms with Crippen LogP contribution in [0, 0.1) is 5.92 Å². The average molecular weight is 775 g/mol. The zero-order valence-corrected chi connectivity index (χ0v) is 40.0. The number of rotatable bonds is 32. The lowest BCUT2D eigenvalue weighted by Crippen LogP contribution is -2.34. The van der Waals surface area contributed by atoms with E-state index in [1.807, 2.05) is 20.9 Å². The number of esters is 1. The maximum Gasteiger partial charge on any atom is 0.320 e. The zero-order chi connectivity index (χ0) is 42.4. The van der Waals surface area contributed by atoms with E-state index in [-0.39, 0.29) is 5.97 Å². The molecule has 0 aromatic carbocycles. The first-order valence-electron chi connectivity index (χ1n) is 23.6. The fourth-order valence-corrected chi connectivity index (χ4v) is 5.07. The Bertz CT molecular complexity index is 605. The molecule has 0 aliphatic carbocycles. The van der Waals surface area contributed by atoms with Crippen LogP contribution in [0.1, 0.15) is 218 Å². The normalized spacial score (nSPS) is 10.6. The Morgan fingerprint density at radius 1 is 0.593 bits per heavy atom. The molecule has 0 radical (unpaired) electrons. The summed E-state index contributed by atoms with van der Waals surface area (Å²) in [5, 5.41) is 6.57. The number of carbonyl (C=O) groups is 2. The van der Waals surface area contributed by atoms with Crippen LogP contribution in [0.4, 0.5) is 0 Å². The van der Waals surface area contributed by atoms with Crippen molar-refractivity contribution in [3.05, 3.63) is 0 Å². The van der Waals surface area contributed by atoms with E-state index in [1.165, 1.54) is 128 Å². The summed E-state index contributed by atoms with van der Waals surface area (Å²) >= 11 is 0. The van der Waals surface area contributed by atoms with Gasteiger partial charge in [-0.2, -0.15) is 0 Å². The van der Waals surface area contributed by atoms with E-state index in [2.05, 4.69) is 96.6 Å². The predicted molar refractivity (Wildman–Crippen MR) is 246 cm³/mol. The molecule has 2 N–H and O–H groups in total. The predicted octanol–water partition coefficient (Wildman–Crippen LogP) is 12.8. The average Bonchev–Trinajstić information content (AvgIpc) is 3.16. The highest BCUT2D eigenvalue weighted by molar-refractivity contribution is 5.71. The summed E-state index contributed by atoms with van der Waals surface area (Å²) in [6.07, 6.45) is 27.1. The third-order valence-corrected chi connectivity index (χ3v) is 7.93. The van der Waals surface area contributed by atoms with Crippen molar-refractivity contribution in [1.82, 2.24) is 20.4 Å². The molecule has 0 heterocycles. The van der Waals surface area contributed by atoms with Crippen LogP contribution >= 0.6 is 0 Å². The Balaban J connectivity index is -0.000000168. The molecule has 0 aliphatic heterocycles. The molecule has 0 rings (SSSR count). The van der Waals surface area contributed by atoms with Gasteiger partial charge < -0.3 is 20.2 Å². The second-order valence-electron chi connectivity index (χ2n) is 14.5. The van der Waals surface area contributed by atoms with Gasteiger partial charge in [-0.3, -0.25) is 14.6 Å². The van der Waals surface area contributed by atoms with Gasteiger partial charge in [0.1, 0.15) is 6.29 Å². The standard InChI is InChI=1S/C18H38N2O2.C18H38N2O.3C3H8.C2H6/c1-5-7-8-9-10-11-12-13-20(6-2)15-18(21)22-16-17(3)14-19-4;1-3-5-7-8-9-10-12-15-20(17-18-21)16-14-19-13-11-6-4-2;3*1-3-2;1-2/h17,19H,5-16H2,1-4H3;18-19H,3-17H2,1-2H3;3*3H2,1-2H3;1-2H3. The van der Waals surface area contributed by atoms with Gasteiger partial charge in [0.2, 0.25) is 0 Å². The van der Waals surface area contributed by atoms with Crippen molar-refractivity contribution < 1.29 is 14.3 Å². The highest BCUT2D eigenvalue weighted by atomic mass is 16.5. The van der Waals surface area contributed by atoms with Crippen LogP contribution in [-0.2, 0) is 14.3 Å². The molecule has 332 valence electrons. The smallest absolute Gasteiger partial charge is 0.320 e. The van der Waals surface area contributed by atoms with Crippen molar-refractivity contribution in [2.45, 2.75) is 218 Å². The number of nitrogens with one attached hydrogen (secondary N) is 2. The summed E-state index contributed by atoms with van der Waals surface area (Å²) in [6.45, 7) is 36.2. The summed E-state index contributed by atoms with van der Waals surface area (Å²) in [4.78, 5) is 27.1. The maximum absolute atomic E-state index is 11.8. The molecule has 0 fully saturated rings. The van der Waals surface area contributed by atoms with Crippen molar-refractivity contribution in [2.24, 2.45) is 5.92 Å². The lowest BCUT2D eigenvalue weighted by atomic mass is 10.1. The molecule has 1 unspecified atom stereocenters. The number of nitrogens with zero attached hydrogens (tertiary/aromatic N) is 2.